The molecule has 2 aromatic carbocycles. The van der Waals surface area contributed by atoms with Gasteiger partial charge in [-0.1, -0.05) is 23.5 Å². The third kappa shape index (κ3) is 3.92. The van der Waals surface area contributed by atoms with Gasteiger partial charge in [0.15, 0.2) is 15.4 Å². The third-order valence-corrected chi connectivity index (χ3v) is 6.02. The number of thiazole rings is 1. The van der Waals surface area contributed by atoms with Crippen LogP contribution in [-0.4, -0.2) is 32.3 Å². The van der Waals surface area contributed by atoms with Crippen molar-refractivity contribution in [2.24, 2.45) is 12.0 Å². The SMILES string of the molecule is COc1ccc(-c2n[nH]c(=S)n2CCC(=O)N=c2sc3ccccc3n2C)cc1. The molecule has 7 nitrogen and oxygen atoms in total. The van der Waals surface area contributed by atoms with Crippen LogP contribution in [0.25, 0.3) is 21.6 Å². The minimum atomic E-state index is -0.198. The lowest BCUT2D eigenvalue weighted by Gasteiger charge is -2.06. The van der Waals surface area contributed by atoms with Crippen LogP contribution in [0.1, 0.15) is 6.42 Å². The van der Waals surface area contributed by atoms with E-state index in [1.54, 1.807) is 7.11 Å². The zero-order chi connectivity index (χ0) is 20.4. The minimum Gasteiger partial charge on any atom is -0.497 e. The Bertz CT molecular complexity index is 1290. The number of methoxy groups -OCH3 is 1. The van der Waals surface area contributed by atoms with Gasteiger partial charge in [0.25, 0.3) is 0 Å². The second-order valence-corrected chi connectivity index (χ2v) is 7.80. The van der Waals surface area contributed by atoms with Gasteiger partial charge in [0.2, 0.25) is 5.91 Å². The number of amides is 1. The first-order valence-corrected chi connectivity index (χ1v) is 10.2. The van der Waals surface area contributed by atoms with Crippen LogP contribution in [0, 0.1) is 4.77 Å². The molecule has 1 amide bonds. The predicted octanol–water partition coefficient (Wildman–Crippen LogP) is 3.69. The van der Waals surface area contributed by atoms with Crippen molar-refractivity contribution >= 4 is 39.7 Å². The molecule has 0 saturated heterocycles. The van der Waals surface area contributed by atoms with Crippen LogP contribution < -0.4 is 9.54 Å². The van der Waals surface area contributed by atoms with Gasteiger partial charge in [0, 0.05) is 25.6 Å². The zero-order valence-electron chi connectivity index (χ0n) is 16.0. The molecule has 0 aliphatic heterocycles. The van der Waals surface area contributed by atoms with E-state index in [1.807, 2.05) is 64.7 Å². The Morgan fingerprint density at radius 1 is 1.24 bits per heavy atom. The monoisotopic (exact) mass is 425 g/mol. The van der Waals surface area contributed by atoms with Crippen molar-refractivity contribution in [1.82, 2.24) is 19.3 Å². The number of hydrogen-bond donors (Lipinski definition) is 1. The number of aryl methyl sites for hydroxylation is 1. The average molecular weight is 426 g/mol. The number of benzene rings is 2. The molecule has 0 atom stereocenters. The lowest BCUT2D eigenvalue weighted by atomic mass is 10.2. The van der Waals surface area contributed by atoms with Gasteiger partial charge in [-0.25, -0.2) is 0 Å². The first-order chi connectivity index (χ1) is 14.1. The normalized spacial score (nSPS) is 11.9. The first-order valence-electron chi connectivity index (χ1n) is 8.98. The number of aromatic nitrogens is 4. The Labute approximate surface area is 175 Å². The fourth-order valence-corrected chi connectivity index (χ4v) is 4.30. The molecule has 0 spiro atoms. The highest BCUT2D eigenvalue weighted by Crippen LogP contribution is 2.21. The highest BCUT2D eigenvalue weighted by Gasteiger charge is 2.11. The highest BCUT2D eigenvalue weighted by atomic mass is 32.1. The van der Waals surface area contributed by atoms with Gasteiger partial charge < -0.3 is 9.30 Å². The molecule has 0 unspecified atom stereocenters. The summed E-state index contributed by atoms with van der Waals surface area (Å²) in [6.07, 6.45) is 0.227. The average Bonchev–Trinajstić information content (AvgIpc) is 3.26. The number of nitrogens with zero attached hydrogens (tertiary/aromatic N) is 4. The van der Waals surface area contributed by atoms with E-state index in [1.165, 1.54) is 11.3 Å². The van der Waals surface area contributed by atoms with Crippen molar-refractivity contribution < 1.29 is 9.53 Å². The molecule has 4 aromatic rings. The minimum absolute atomic E-state index is 0.198. The number of nitrogens with one attached hydrogen (secondary N) is 1. The highest BCUT2D eigenvalue weighted by molar-refractivity contribution is 7.71. The number of carbonyl (C=O) groups excluding carboxylic acids is 1. The van der Waals surface area contributed by atoms with E-state index in [4.69, 9.17) is 17.0 Å². The first kappa shape index (κ1) is 19.3. The fourth-order valence-electron chi connectivity index (χ4n) is 3.04. The van der Waals surface area contributed by atoms with E-state index in [-0.39, 0.29) is 12.3 Å². The van der Waals surface area contributed by atoms with Crippen molar-refractivity contribution in [3.63, 3.8) is 0 Å². The van der Waals surface area contributed by atoms with Gasteiger partial charge in [-0.15, -0.1) is 0 Å². The van der Waals surface area contributed by atoms with Crippen molar-refractivity contribution in [1.29, 1.82) is 0 Å². The molecule has 0 saturated carbocycles. The van der Waals surface area contributed by atoms with E-state index in [0.29, 0.717) is 21.9 Å². The van der Waals surface area contributed by atoms with E-state index in [0.717, 1.165) is 21.5 Å². The number of aromatic amines is 1. The van der Waals surface area contributed by atoms with Crippen molar-refractivity contribution in [3.05, 3.63) is 58.1 Å². The molecular weight excluding hydrogens is 406 g/mol. The fraction of sp³-hybridized carbons (Fsp3) is 0.200. The molecule has 0 radical (unpaired) electrons. The number of para-hydroxylation sites is 1. The summed E-state index contributed by atoms with van der Waals surface area (Å²) in [4.78, 5) is 17.5. The number of carbonyl (C=O) groups is 1. The summed E-state index contributed by atoms with van der Waals surface area (Å²) in [6.45, 7) is 0.396. The number of ether oxygens (including phenoxy) is 1. The van der Waals surface area contributed by atoms with Gasteiger partial charge in [0.05, 0.1) is 17.3 Å². The maximum atomic E-state index is 12.5. The van der Waals surface area contributed by atoms with Crippen molar-refractivity contribution in [3.8, 4) is 17.1 Å². The van der Waals surface area contributed by atoms with Crippen LogP contribution in [0.3, 0.4) is 0 Å². The Hall–Kier alpha value is -3.04. The van der Waals surface area contributed by atoms with Crippen molar-refractivity contribution in [2.75, 3.05) is 7.11 Å². The molecule has 2 aromatic heterocycles. The smallest absolute Gasteiger partial charge is 0.250 e. The van der Waals surface area contributed by atoms with Crippen LogP contribution in [0.4, 0.5) is 0 Å². The van der Waals surface area contributed by atoms with Crippen molar-refractivity contribution in [2.45, 2.75) is 13.0 Å². The second-order valence-electron chi connectivity index (χ2n) is 6.40. The zero-order valence-corrected chi connectivity index (χ0v) is 17.6. The topological polar surface area (TPSA) is 77.2 Å². The molecule has 29 heavy (non-hydrogen) atoms. The predicted molar refractivity (Wildman–Crippen MR) is 115 cm³/mol. The molecule has 2 heterocycles. The van der Waals surface area contributed by atoms with Crippen LogP contribution in [0.15, 0.2) is 53.5 Å². The molecule has 148 valence electrons. The molecule has 1 N–H and O–H groups in total. The van der Waals surface area contributed by atoms with Gasteiger partial charge in [-0.3, -0.25) is 14.5 Å². The Kier molecular flexibility index (Phi) is 5.41. The molecule has 0 fully saturated rings. The lowest BCUT2D eigenvalue weighted by molar-refractivity contribution is -0.118. The Balaban J connectivity index is 1.56. The summed E-state index contributed by atoms with van der Waals surface area (Å²) in [5.41, 5.74) is 1.95. The maximum absolute atomic E-state index is 12.5. The summed E-state index contributed by atoms with van der Waals surface area (Å²) in [7, 11) is 3.54. The number of H-pyrrole nitrogens is 1. The summed E-state index contributed by atoms with van der Waals surface area (Å²) >= 11 is 6.84. The molecule has 0 bridgehead atoms. The molecular formula is C20H19N5O2S2. The van der Waals surface area contributed by atoms with Crippen LogP contribution in [0.5, 0.6) is 5.75 Å². The van der Waals surface area contributed by atoms with Crippen LogP contribution in [-0.2, 0) is 18.4 Å². The van der Waals surface area contributed by atoms with Gasteiger partial charge >= 0.3 is 0 Å². The number of rotatable bonds is 5. The quantitative estimate of drug-likeness (QED) is 0.495. The van der Waals surface area contributed by atoms with Crippen LogP contribution in [0.2, 0.25) is 0 Å². The van der Waals surface area contributed by atoms with E-state index in [2.05, 4.69) is 15.2 Å². The Morgan fingerprint density at radius 2 is 2.00 bits per heavy atom. The molecule has 4 rings (SSSR count). The van der Waals surface area contributed by atoms with Gasteiger partial charge in [-0.05, 0) is 48.6 Å². The van der Waals surface area contributed by atoms with Crippen LogP contribution >= 0.6 is 23.6 Å². The standard InChI is InChI=1S/C20H19N5O2S2/c1-24-15-5-3-4-6-16(15)29-20(24)21-17(26)11-12-25-18(22-23-19(25)28)13-7-9-14(27-2)10-8-13/h3-10H,11-12H2,1-2H3,(H,23,28). The molecule has 0 aliphatic carbocycles. The molecule has 0 aliphatic rings. The summed E-state index contributed by atoms with van der Waals surface area (Å²) in [5, 5.41) is 7.11. The molecule has 9 heteroatoms. The van der Waals surface area contributed by atoms with Gasteiger partial charge in [0.1, 0.15) is 5.75 Å². The van der Waals surface area contributed by atoms with E-state index in [9.17, 15) is 4.79 Å². The largest absolute Gasteiger partial charge is 0.497 e. The maximum Gasteiger partial charge on any atom is 0.250 e. The Morgan fingerprint density at radius 3 is 2.72 bits per heavy atom. The second kappa shape index (κ2) is 8.14. The lowest BCUT2D eigenvalue weighted by Crippen LogP contribution is -2.14. The summed E-state index contributed by atoms with van der Waals surface area (Å²) in [6, 6.07) is 15.5. The van der Waals surface area contributed by atoms with Gasteiger partial charge in [-0.2, -0.15) is 10.1 Å². The number of hydrogen-bond acceptors (Lipinski definition) is 5. The third-order valence-electron chi connectivity index (χ3n) is 4.59. The number of fused-ring (bicyclic) bond motifs is 1. The van der Waals surface area contributed by atoms with E-state index >= 15 is 0 Å². The summed E-state index contributed by atoms with van der Waals surface area (Å²) < 4.78 is 10.5. The summed E-state index contributed by atoms with van der Waals surface area (Å²) in [5.74, 6) is 1.24. The van der Waals surface area contributed by atoms with E-state index < -0.39 is 0 Å².